The number of amides is 3. The Kier molecular flexibility index (Phi) is 4.30. The van der Waals surface area contributed by atoms with Crippen molar-refractivity contribution in [3.05, 3.63) is 58.6 Å². The minimum absolute atomic E-state index is 0.105. The molecule has 0 spiro atoms. The third-order valence-electron chi connectivity index (χ3n) is 4.56. The number of para-hydroxylation sites is 1. The van der Waals surface area contributed by atoms with Crippen molar-refractivity contribution in [2.45, 2.75) is 26.1 Å². The Bertz CT molecular complexity index is 871. The number of nitrogens with zero attached hydrogens (tertiary/aromatic N) is 2. The molecule has 7 heteroatoms. The molecule has 2 heterocycles. The van der Waals surface area contributed by atoms with Crippen LogP contribution in [0.15, 0.2) is 42.5 Å². The van der Waals surface area contributed by atoms with Crippen LogP contribution in [0.4, 0.5) is 10.5 Å². The molecular weight excluding hydrogens is 356 g/mol. The quantitative estimate of drug-likeness (QED) is 0.773. The molecule has 0 radical (unpaired) electrons. The molecule has 26 heavy (non-hydrogen) atoms. The Morgan fingerprint density at radius 1 is 1.19 bits per heavy atom. The molecule has 0 saturated carbocycles. The van der Waals surface area contributed by atoms with Gasteiger partial charge in [-0.25, -0.2) is 4.79 Å². The minimum Gasteiger partial charge on any atom is -0.467 e. The van der Waals surface area contributed by atoms with Crippen molar-refractivity contribution in [2.75, 3.05) is 11.7 Å². The van der Waals surface area contributed by atoms with Crippen molar-refractivity contribution in [3.63, 3.8) is 0 Å². The van der Waals surface area contributed by atoms with Crippen molar-refractivity contribution < 1.29 is 19.1 Å². The number of carbonyl (C=O) groups excluding carboxylic acids is 2. The van der Waals surface area contributed by atoms with E-state index in [0.717, 1.165) is 5.56 Å². The lowest BCUT2D eigenvalue weighted by Gasteiger charge is -2.23. The van der Waals surface area contributed by atoms with Crippen molar-refractivity contribution in [2.24, 2.45) is 0 Å². The molecule has 2 aliphatic rings. The molecule has 0 aliphatic carbocycles. The Hall–Kier alpha value is -2.57. The third kappa shape index (κ3) is 2.81. The Balaban J connectivity index is 1.66. The van der Waals surface area contributed by atoms with Crippen LogP contribution in [0.25, 0.3) is 0 Å². The number of ether oxygens (including phenoxy) is 2. The zero-order valence-corrected chi connectivity index (χ0v) is 14.9. The maximum atomic E-state index is 12.9. The molecular formula is C19H17ClN2O4. The molecule has 3 amide bonds. The zero-order chi connectivity index (χ0) is 18.3. The van der Waals surface area contributed by atoms with Gasteiger partial charge < -0.3 is 9.47 Å². The fourth-order valence-electron chi connectivity index (χ4n) is 3.34. The lowest BCUT2D eigenvalue weighted by atomic mass is 10.1. The number of urea groups is 1. The summed E-state index contributed by atoms with van der Waals surface area (Å²) in [6.45, 7) is 2.35. The monoisotopic (exact) mass is 372 g/mol. The largest absolute Gasteiger partial charge is 0.467 e. The summed E-state index contributed by atoms with van der Waals surface area (Å²) >= 11 is 6.18. The summed E-state index contributed by atoms with van der Waals surface area (Å²) in [4.78, 5) is 28.4. The van der Waals surface area contributed by atoms with Gasteiger partial charge in [-0.3, -0.25) is 14.6 Å². The van der Waals surface area contributed by atoms with E-state index in [1.807, 2.05) is 30.3 Å². The van der Waals surface area contributed by atoms with E-state index in [0.29, 0.717) is 28.6 Å². The van der Waals surface area contributed by atoms with Gasteiger partial charge in [0.2, 0.25) is 0 Å². The zero-order valence-electron chi connectivity index (χ0n) is 14.1. The highest BCUT2D eigenvalue weighted by molar-refractivity contribution is 6.30. The fraction of sp³-hybridized carbons (Fsp3) is 0.263. The van der Waals surface area contributed by atoms with Crippen LogP contribution in [0.2, 0.25) is 5.02 Å². The smallest absolute Gasteiger partial charge is 0.332 e. The van der Waals surface area contributed by atoms with Gasteiger partial charge in [0.05, 0.1) is 13.2 Å². The highest BCUT2D eigenvalue weighted by atomic mass is 35.5. The standard InChI is InChI=1S/C19H17ClN2O4/c1-12-18(23)21(19(24)22(12)16-5-3-2-4-6-16)9-13-7-15(20)8-14-10-25-11-26-17(13)14/h2-8,12H,9-11H2,1H3/t12-/m0/s1. The van der Waals surface area contributed by atoms with Crippen LogP contribution in [0.1, 0.15) is 18.1 Å². The van der Waals surface area contributed by atoms with E-state index in [4.69, 9.17) is 21.1 Å². The number of hydrogen-bond donors (Lipinski definition) is 0. The first-order chi connectivity index (χ1) is 12.6. The number of halogens is 1. The Morgan fingerprint density at radius 2 is 1.96 bits per heavy atom. The molecule has 0 bridgehead atoms. The van der Waals surface area contributed by atoms with Crippen LogP contribution in [0, 0.1) is 0 Å². The number of imide groups is 1. The predicted molar refractivity (Wildman–Crippen MR) is 96.1 cm³/mol. The van der Waals surface area contributed by atoms with Gasteiger partial charge in [-0.15, -0.1) is 0 Å². The fourth-order valence-corrected chi connectivity index (χ4v) is 3.60. The molecule has 0 aromatic heterocycles. The van der Waals surface area contributed by atoms with Crippen molar-refractivity contribution in [1.29, 1.82) is 0 Å². The highest BCUT2D eigenvalue weighted by Gasteiger charge is 2.43. The van der Waals surface area contributed by atoms with Crippen LogP contribution in [-0.4, -0.2) is 29.7 Å². The average molecular weight is 373 g/mol. The molecule has 1 fully saturated rings. The second kappa shape index (κ2) is 6.63. The summed E-state index contributed by atoms with van der Waals surface area (Å²) in [5, 5.41) is 0.514. The molecule has 2 aliphatic heterocycles. The number of benzene rings is 2. The number of carbonyl (C=O) groups is 2. The SMILES string of the molecule is C[C@H]1C(=O)N(Cc2cc(Cl)cc3c2OCOC3)C(=O)N1c1ccccc1. The number of hydrogen-bond acceptors (Lipinski definition) is 4. The molecule has 0 N–H and O–H groups in total. The van der Waals surface area contributed by atoms with Crippen LogP contribution in [-0.2, 0) is 22.7 Å². The second-order valence-electron chi connectivity index (χ2n) is 6.25. The highest BCUT2D eigenvalue weighted by Crippen LogP contribution is 2.34. The van der Waals surface area contributed by atoms with E-state index < -0.39 is 6.04 Å². The van der Waals surface area contributed by atoms with Crippen LogP contribution in [0.3, 0.4) is 0 Å². The van der Waals surface area contributed by atoms with Gasteiger partial charge in [-0.1, -0.05) is 29.8 Å². The van der Waals surface area contributed by atoms with Gasteiger partial charge in [0.1, 0.15) is 11.8 Å². The van der Waals surface area contributed by atoms with E-state index >= 15 is 0 Å². The summed E-state index contributed by atoms with van der Waals surface area (Å²) in [7, 11) is 0. The first-order valence-corrected chi connectivity index (χ1v) is 8.65. The Labute approximate surface area is 155 Å². The lowest BCUT2D eigenvalue weighted by molar-refractivity contribution is -0.127. The van der Waals surface area contributed by atoms with Crippen LogP contribution >= 0.6 is 11.6 Å². The minimum atomic E-state index is -0.566. The van der Waals surface area contributed by atoms with E-state index in [1.54, 1.807) is 19.1 Å². The third-order valence-corrected chi connectivity index (χ3v) is 4.78. The molecule has 4 rings (SSSR count). The molecule has 0 unspecified atom stereocenters. The first kappa shape index (κ1) is 16.9. The van der Waals surface area contributed by atoms with Gasteiger partial charge in [-0.05, 0) is 31.2 Å². The summed E-state index contributed by atoms with van der Waals surface area (Å²) in [5.41, 5.74) is 2.20. The lowest BCUT2D eigenvalue weighted by Crippen LogP contribution is -2.33. The average Bonchev–Trinajstić information content (AvgIpc) is 2.85. The van der Waals surface area contributed by atoms with Gasteiger partial charge in [0, 0.05) is 21.8 Å². The summed E-state index contributed by atoms with van der Waals surface area (Å²) in [6, 6.07) is 11.7. The molecule has 2 aromatic rings. The molecule has 134 valence electrons. The second-order valence-corrected chi connectivity index (χ2v) is 6.69. The topological polar surface area (TPSA) is 59.1 Å². The molecule has 6 nitrogen and oxygen atoms in total. The molecule has 2 aromatic carbocycles. The van der Waals surface area contributed by atoms with Gasteiger partial charge in [-0.2, -0.15) is 0 Å². The predicted octanol–water partition coefficient (Wildman–Crippen LogP) is 3.56. The van der Waals surface area contributed by atoms with Gasteiger partial charge in [0.25, 0.3) is 5.91 Å². The van der Waals surface area contributed by atoms with Gasteiger partial charge in [0.15, 0.2) is 6.79 Å². The summed E-state index contributed by atoms with van der Waals surface area (Å²) < 4.78 is 10.9. The van der Waals surface area contributed by atoms with E-state index in [1.165, 1.54) is 9.80 Å². The Morgan fingerprint density at radius 3 is 2.73 bits per heavy atom. The summed E-state index contributed by atoms with van der Waals surface area (Å²) in [6.07, 6.45) is 0. The number of fused-ring (bicyclic) bond motifs is 1. The molecule has 1 saturated heterocycles. The van der Waals surface area contributed by atoms with Crippen LogP contribution in [0.5, 0.6) is 5.75 Å². The van der Waals surface area contributed by atoms with Crippen LogP contribution < -0.4 is 9.64 Å². The maximum Gasteiger partial charge on any atom is 0.332 e. The normalized spacial score (nSPS) is 19.5. The van der Waals surface area contributed by atoms with Crippen molar-refractivity contribution >= 4 is 29.2 Å². The molecule has 1 atom stereocenters. The van der Waals surface area contributed by atoms with Crippen molar-refractivity contribution in [1.82, 2.24) is 4.90 Å². The van der Waals surface area contributed by atoms with E-state index in [9.17, 15) is 9.59 Å². The number of anilines is 1. The van der Waals surface area contributed by atoms with Gasteiger partial charge >= 0.3 is 6.03 Å². The maximum absolute atomic E-state index is 12.9. The van der Waals surface area contributed by atoms with Crippen molar-refractivity contribution in [3.8, 4) is 5.75 Å². The first-order valence-electron chi connectivity index (χ1n) is 8.27. The van der Waals surface area contributed by atoms with E-state index in [2.05, 4.69) is 0 Å². The summed E-state index contributed by atoms with van der Waals surface area (Å²) in [5.74, 6) is 0.381. The number of rotatable bonds is 3. The van der Waals surface area contributed by atoms with E-state index in [-0.39, 0.29) is 25.3 Å².